The molecule has 26 heavy (non-hydrogen) atoms. The second-order valence-corrected chi connectivity index (χ2v) is 6.04. The zero-order chi connectivity index (χ0) is 18.7. The van der Waals surface area contributed by atoms with E-state index in [0.717, 1.165) is 0 Å². The van der Waals surface area contributed by atoms with Crippen LogP contribution < -0.4 is 10.2 Å². The summed E-state index contributed by atoms with van der Waals surface area (Å²) in [6.45, 7) is 0.442. The van der Waals surface area contributed by atoms with Crippen LogP contribution in [0.15, 0.2) is 30.5 Å². The summed E-state index contributed by atoms with van der Waals surface area (Å²) in [6, 6.07) is 5.46. The lowest BCUT2D eigenvalue weighted by Crippen LogP contribution is -2.52. The van der Waals surface area contributed by atoms with Crippen molar-refractivity contribution in [2.75, 3.05) is 25.1 Å². The first kappa shape index (κ1) is 17.9. The third kappa shape index (κ3) is 3.68. The molecule has 2 atom stereocenters. The van der Waals surface area contributed by atoms with Crippen molar-refractivity contribution in [1.82, 2.24) is 10.3 Å². The van der Waals surface area contributed by atoms with Crippen molar-refractivity contribution in [3.8, 4) is 0 Å². The van der Waals surface area contributed by atoms with Crippen LogP contribution in [0, 0.1) is 5.82 Å². The molecule has 2 aromatic rings. The smallest absolute Gasteiger partial charge is 0.404 e. The van der Waals surface area contributed by atoms with E-state index in [-0.39, 0.29) is 6.54 Å². The van der Waals surface area contributed by atoms with Gasteiger partial charge in [0, 0.05) is 11.9 Å². The topological polar surface area (TPSA) is 74.7 Å². The van der Waals surface area contributed by atoms with E-state index in [2.05, 4.69) is 10.3 Å². The Labute approximate surface area is 149 Å². The molecule has 1 aromatic carbocycles. The standard InChI is InChI=1S/C18H19F2N3O3/c1-26-9-7-11-2-3-12-13(19)4-5-16(17(12)21-11)23-8-6-15(14(20)10-23)22-18(24)25/h2-5,7,9,14-15,22H,6,8,10H2,1H3,(H,24,25)/t14-,15+/m1/s1. The number of carboxylic acid groups (broad SMARTS) is 1. The summed E-state index contributed by atoms with van der Waals surface area (Å²) in [6.07, 6.45) is 0.824. The summed E-state index contributed by atoms with van der Waals surface area (Å²) in [5.74, 6) is -0.405. The molecule has 1 saturated heterocycles. The van der Waals surface area contributed by atoms with E-state index in [1.807, 2.05) is 0 Å². The first-order chi connectivity index (χ1) is 12.5. The Bertz CT molecular complexity index is 844. The largest absolute Gasteiger partial charge is 0.504 e. The van der Waals surface area contributed by atoms with Crippen molar-refractivity contribution < 1.29 is 23.4 Å². The van der Waals surface area contributed by atoms with Crippen molar-refractivity contribution in [2.24, 2.45) is 0 Å². The number of nitrogens with one attached hydrogen (secondary N) is 1. The highest BCUT2D eigenvalue weighted by molar-refractivity contribution is 5.92. The van der Waals surface area contributed by atoms with Crippen molar-refractivity contribution in [3.05, 3.63) is 42.0 Å². The van der Waals surface area contributed by atoms with E-state index in [9.17, 15) is 13.6 Å². The molecule has 0 radical (unpaired) electrons. The third-order valence-corrected chi connectivity index (χ3v) is 4.37. The Kier molecular flexibility index (Phi) is 5.20. The molecule has 2 N–H and O–H groups in total. The molecular formula is C18H19F2N3O3. The number of hydrogen-bond donors (Lipinski definition) is 2. The molecule has 0 spiro atoms. The van der Waals surface area contributed by atoms with Crippen LogP contribution in [0.3, 0.4) is 0 Å². The lowest BCUT2D eigenvalue weighted by molar-refractivity contribution is 0.168. The van der Waals surface area contributed by atoms with Gasteiger partial charge < -0.3 is 20.1 Å². The number of benzene rings is 1. The average Bonchev–Trinajstić information content (AvgIpc) is 2.61. The zero-order valence-corrected chi connectivity index (χ0v) is 14.2. The van der Waals surface area contributed by atoms with Gasteiger partial charge in [-0.25, -0.2) is 18.6 Å². The van der Waals surface area contributed by atoms with Crippen LogP contribution in [0.25, 0.3) is 17.0 Å². The van der Waals surface area contributed by atoms with Crippen molar-refractivity contribution in [1.29, 1.82) is 0 Å². The maximum Gasteiger partial charge on any atom is 0.404 e. The molecule has 0 saturated carbocycles. The number of hydrogen-bond acceptors (Lipinski definition) is 4. The number of aromatic nitrogens is 1. The number of fused-ring (bicyclic) bond motifs is 1. The Morgan fingerprint density at radius 2 is 2.23 bits per heavy atom. The predicted molar refractivity (Wildman–Crippen MR) is 94.4 cm³/mol. The van der Waals surface area contributed by atoms with Crippen LogP contribution in [0.4, 0.5) is 19.3 Å². The number of alkyl halides is 1. The summed E-state index contributed by atoms with van der Waals surface area (Å²) >= 11 is 0. The molecule has 0 unspecified atom stereocenters. The number of methoxy groups -OCH3 is 1. The average molecular weight is 363 g/mol. The Morgan fingerprint density at radius 3 is 2.92 bits per heavy atom. The monoisotopic (exact) mass is 363 g/mol. The molecule has 138 valence electrons. The Morgan fingerprint density at radius 1 is 1.42 bits per heavy atom. The van der Waals surface area contributed by atoms with Crippen LogP contribution >= 0.6 is 0 Å². The second kappa shape index (κ2) is 7.55. The second-order valence-electron chi connectivity index (χ2n) is 6.04. The summed E-state index contributed by atoms with van der Waals surface area (Å²) in [7, 11) is 1.51. The van der Waals surface area contributed by atoms with Gasteiger partial charge in [-0.3, -0.25) is 0 Å². The molecule has 0 aliphatic carbocycles. The summed E-state index contributed by atoms with van der Waals surface area (Å²) in [5, 5.41) is 11.3. The van der Waals surface area contributed by atoms with Crippen molar-refractivity contribution in [2.45, 2.75) is 18.6 Å². The highest BCUT2D eigenvalue weighted by Gasteiger charge is 2.31. The van der Waals surface area contributed by atoms with E-state index in [1.165, 1.54) is 19.4 Å². The number of ether oxygens (including phenoxy) is 1. The zero-order valence-electron chi connectivity index (χ0n) is 14.2. The fourth-order valence-electron chi connectivity index (χ4n) is 3.11. The van der Waals surface area contributed by atoms with Gasteiger partial charge in [-0.1, -0.05) is 0 Å². The van der Waals surface area contributed by atoms with Gasteiger partial charge in [0.05, 0.1) is 42.9 Å². The highest BCUT2D eigenvalue weighted by Crippen LogP contribution is 2.30. The Hall–Kier alpha value is -2.90. The fourth-order valence-corrected chi connectivity index (χ4v) is 3.11. The third-order valence-electron chi connectivity index (χ3n) is 4.37. The minimum absolute atomic E-state index is 0.00545. The number of amides is 1. The molecule has 1 aliphatic heterocycles. The number of anilines is 1. The molecule has 6 nitrogen and oxygen atoms in total. The molecule has 1 amide bonds. The fraction of sp³-hybridized carbons (Fsp3) is 0.333. The quantitative estimate of drug-likeness (QED) is 0.816. The van der Waals surface area contributed by atoms with Gasteiger partial charge in [0.2, 0.25) is 0 Å². The van der Waals surface area contributed by atoms with Gasteiger partial charge in [-0.05, 0) is 36.8 Å². The van der Waals surface area contributed by atoms with Crippen molar-refractivity contribution in [3.63, 3.8) is 0 Å². The van der Waals surface area contributed by atoms with Gasteiger partial charge in [-0.2, -0.15) is 0 Å². The SMILES string of the molecule is COC=Cc1ccc2c(F)ccc(N3CC[C@H](NC(=O)O)[C@H](F)C3)c2n1. The molecule has 1 fully saturated rings. The minimum atomic E-state index is -1.36. The van der Waals surface area contributed by atoms with Gasteiger partial charge in [0.15, 0.2) is 0 Å². The van der Waals surface area contributed by atoms with Gasteiger partial charge >= 0.3 is 6.09 Å². The van der Waals surface area contributed by atoms with Crippen LogP contribution in [0.2, 0.25) is 0 Å². The van der Waals surface area contributed by atoms with Crippen LogP contribution in [0.5, 0.6) is 0 Å². The predicted octanol–water partition coefficient (Wildman–Crippen LogP) is 3.18. The normalized spacial score (nSPS) is 20.5. The number of pyridine rings is 1. The van der Waals surface area contributed by atoms with Crippen LogP contribution in [-0.2, 0) is 4.74 Å². The molecule has 3 rings (SSSR count). The minimum Gasteiger partial charge on any atom is -0.504 e. The molecule has 8 heteroatoms. The maximum atomic E-state index is 14.4. The van der Waals surface area contributed by atoms with E-state index >= 15 is 0 Å². The summed E-state index contributed by atoms with van der Waals surface area (Å²) < 4.78 is 33.4. The highest BCUT2D eigenvalue weighted by atomic mass is 19.1. The molecule has 1 aromatic heterocycles. The van der Waals surface area contributed by atoms with Crippen LogP contribution in [-0.4, -0.2) is 48.6 Å². The molecular weight excluding hydrogens is 344 g/mol. The van der Waals surface area contributed by atoms with E-state index in [0.29, 0.717) is 35.2 Å². The summed E-state index contributed by atoms with van der Waals surface area (Å²) in [4.78, 5) is 17.0. The number of piperidine rings is 1. The lowest BCUT2D eigenvalue weighted by Gasteiger charge is -2.36. The number of carbonyl (C=O) groups is 1. The molecule has 0 bridgehead atoms. The molecule has 2 heterocycles. The van der Waals surface area contributed by atoms with E-state index in [4.69, 9.17) is 9.84 Å². The summed E-state index contributed by atoms with van der Waals surface area (Å²) in [5.41, 5.74) is 1.64. The maximum absolute atomic E-state index is 14.4. The van der Waals surface area contributed by atoms with Gasteiger partial charge in [-0.15, -0.1) is 0 Å². The molecule has 1 aliphatic rings. The first-order valence-corrected chi connectivity index (χ1v) is 8.16. The number of nitrogens with zero attached hydrogens (tertiary/aromatic N) is 2. The number of rotatable bonds is 4. The van der Waals surface area contributed by atoms with E-state index < -0.39 is 24.1 Å². The number of halogens is 2. The van der Waals surface area contributed by atoms with E-state index in [1.54, 1.807) is 29.2 Å². The van der Waals surface area contributed by atoms with Gasteiger partial charge in [0.1, 0.15) is 12.0 Å². The van der Waals surface area contributed by atoms with Crippen molar-refractivity contribution >= 4 is 28.8 Å². The van der Waals surface area contributed by atoms with Gasteiger partial charge in [0.25, 0.3) is 0 Å². The lowest BCUT2D eigenvalue weighted by atomic mass is 10.0. The Balaban J connectivity index is 1.93. The first-order valence-electron chi connectivity index (χ1n) is 8.16. The van der Waals surface area contributed by atoms with Crippen LogP contribution in [0.1, 0.15) is 12.1 Å².